The fourth-order valence-electron chi connectivity index (χ4n) is 0. The molecule has 0 spiro atoms. The van der Waals surface area contributed by atoms with Gasteiger partial charge >= 0.3 is 40.7 Å². The summed E-state index contributed by atoms with van der Waals surface area (Å²) in [7, 11) is 0. The van der Waals surface area contributed by atoms with Gasteiger partial charge in [-0.05, 0) is 0 Å². The van der Waals surface area contributed by atoms with Gasteiger partial charge in [-0.15, -0.1) is 0 Å². The van der Waals surface area contributed by atoms with E-state index in [0.717, 1.165) is 0 Å². The van der Waals surface area contributed by atoms with Crippen LogP contribution in [0.15, 0.2) is 12.8 Å². The SMILES string of the molecule is C=C[O].[O]=[Ce]. The summed E-state index contributed by atoms with van der Waals surface area (Å²) < 4.78 is 8.39. The van der Waals surface area contributed by atoms with E-state index in [1.165, 1.54) is 0 Å². The normalized spacial score (nSPS) is 3.00. The Labute approximate surface area is 58.1 Å². The summed E-state index contributed by atoms with van der Waals surface area (Å²) in [5.74, 6) is 0. The molecule has 5 heavy (non-hydrogen) atoms. The summed E-state index contributed by atoms with van der Waals surface area (Å²) >= 11 is 0.0556. The van der Waals surface area contributed by atoms with Gasteiger partial charge in [0.05, 0.1) is 0 Å². The molecule has 0 aromatic carbocycles. The first-order chi connectivity index (χ1) is 2.41. The average molecular weight is 199 g/mol. The van der Waals surface area contributed by atoms with Gasteiger partial charge in [-0.2, -0.15) is 0 Å². The Morgan fingerprint density at radius 1 is 1.60 bits per heavy atom. The maximum absolute atomic E-state index is 8.69. The molecular formula is C2H3CeO2. The topological polar surface area (TPSA) is 37.0 Å². The minimum atomic E-state index is 0.0556. The third-order valence-corrected chi connectivity index (χ3v) is 0. The third-order valence-electron chi connectivity index (χ3n) is 0. The molecule has 0 saturated carbocycles. The molecule has 0 N–H and O–H groups in total. The first-order valence-electron chi connectivity index (χ1n) is 0.848. The monoisotopic (exact) mass is 199 g/mol. The fraction of sp³-hybridized carbons (Fsp3) is 0. The molecule has 0 aliphatic carbocycles. The molecule has 0 fully saturated rings. The zero-order chi connectivity index (χ0) is 4.71. The van der Waals surface area contributed by atoms with Crippen molar-refractivity contribution in [3.05, 3.63) is 12.8 Å². The van der Waals surface area contributed by atoms with E-state index < -0.39 is 0 Å². The van der Waals surface area contributed by atoms with Crippen LogP contribution >= 0.6 is 0 Å². The van der Waals surface area contributed by atoms with Crippen LogP contribution in [0, 0.1) is 39.8 Å². The second-order valence-electron chi connectivity index (χ2n) is 0.167. The number of hydrogen-bond acceptors (Lipinski definition) is 1. The molecule has 27 valence electrons. The third kappa shape index (κ3) is 67.8. The second kappa shape index (κ2) is 22.1. The Hall–Kier alpha value is 0.717. The summed E-state index contributed by atoms with van der Waals surface area (Å²) in [6.07, 6.45) is 0.500. The summed E-state index contributed by atoms with van der Waals surface area (Å²) in [5, 5.41) is 8.69. The van der Waals surface area contributed by atoms with Crippen LogP contribution in [-0.4, -0.2) is 0 Å². The van der Waals surface area contributed by atoms with Crippen molar-refractivity contribution < 1.29 is 45.8 Å². The quantitative estimate of drug-likeness (QED) is 0.521. The van der Waals surface area contributed by atoms with Crippen LogP contribution in [0.25, 0.3) is 0 Å². The van der Waals surface area contributed by atoms with E-state index in [2.05, 4.69) is 6.58 Å². The molecule has 0 aliphatic heterocycles. The molecule has 0 aromatic rings. The van der Waals surface area contributed by atoms with Gasteiger partial charge in [-0.25, -0.2) is 0 Å². The van der Waals surface area contributed by atoms with E-state index >= 15 is 0 Å². The summed E-state index contributed by atoms with van der Waals surface area (Å²) in [4.78, 5) is 0. The van der Waals surface area contributed by atoms with Crippen LogP contribution in [-0.2, 0) is 6.04 Å². The fourth-order valence-corrected chi connectivity index (χ4v) is 0. The Morgan fingerprint density at radius 2 is 1.60 bits per heavy atom. The summed E-state index contributed by atoms with van der Waals surface area (Å²) in [5.41, 5.74) is 0. The van der Waals surface area contributed by atoms with E-state index in [1.807, 2.05) is 0 Å². The molecule has 0 aliphatic rings. The summed E-state index contributed by atoms with van der Waals surface area (Å²) in [6, 6.07) is 0. The number of rotatable bonds is 0. The molecule has 1 radical (unpaired) electrons. The van der Waals surface area contributed by atoms with E-state index in [-0.39, 0.29) is 39.8 Å². The van der Waals surface area contributed by atoms with Gasteiger partial charge in [0, 0.05) is 0 Å². The first-order valence-corrected chi connectivity index (χ1v) is 2.13. The van der Waals surface area contributed by atoms with Crippen LogP contribution in [0.1, 0.15) is 0 Å². The van der Waals surface area contributed by atoms with Crippen molar-refractivity contribution in [2.24, 2.45) is 0 Å². The zero-order valence-corrected chi connectivity index (χ0v) is 5.74. The van der Waals surface area contributed by atoms with E-state index in [9.17, 15) is 0 Å². The molecule has 2 nitrogen and oxygen atoms in total. The van der Waals surface area contributed by atoms with Crippen molar-refractivity contribution >= 4 is 0 Å². The van der Waals surface area contributed by atoms with Crippen LogP contribution < -0.4 is 0 Å². The molecule has 3 heteroatoms. The van der Waals surface area contributed by atoms with Gasteiger partial charge in [0.1, 0.15) is 6.26 Å². The van der Waals surface area contributed by atoms with Crippen molar-refractivity contribution in [3.63, 3.8) is 0 Å². The predicted octanol–water partition coefficient (Wildman–Crippen LogP) is 0.442. The van der Waals surface area contributed by atoms with Crippen LogP contribution in [0.2, 0.25) is 0 Å². The zero-order valence-electron chi connectivity index (χ0n) is 2.60. The van der Waals surface area contributed by atoms with Crippen molar-refractivity contribution in [1.29, 1.82) is 0 Å². The van der Waals surface area contributed by atoms with Crippen LogP contribution in [0.3, 0.4) is 0 Å². The Bertz CT molecular complexity index is 21.6. The van der Waals surface area contributed by atoms with Gasteiger partial charge in [0.2, 0.25) is 0 Å². The van der Waals surface area contributed by atoms with Crippen molar-refractivity contribution in [2.75, 3.05) is 0 Å². The van der Waals surface area contributed by atoms with Crippen molar-refractivity contribution in [1.82, 2.24) is 0 Å². The van der Waals surface area contributed by atoms with E-state index in [0.29, 0.717) is 6.26 Å². The van der Waals surface area contributed by atoms with E-state index in [4.69, 9.17) is 6.04 Å². The predicted molar refractivity (Wildman–Crippen MR) is 11.6 cm³/mol. The Balaban J connectivity index is 0. The molecule has 0 atom stereocenters. The van der Waals surface area contributed by atoms with Crippen LogP contribution in [0.5, 0.6) is 0 Å². The van der Waals surface area contributed by atoms with Gasteiger partial charge in [-0.1, -0.05) is 6.58 Å². The molecule has 0 saturated heterocycles. The summed E-state index contributed by atoms with van der Waals surface area (Å²) in [6.45, 7) is 2.81. The van der Waals surface area contributed by atoms with E-state index in [1.54, 1.807) is 0 Å². The number of hydrogen-bond donors (Lipinski definition) is 0. The van der Waals surface area contributed by atoms with Crippen molar-refractivity contribution in [3.8, 4) is 0 Å². The minimum absolute atomic E-state index is 0.0556. The standard InChI is InChI=1S/C2H3O.Ce.O/c1-2-3;;/h2H,1H2;;. The molecule has 0 heterocycles. The second-order valence-corrected chi connectivity index (χ2v) is 0.167. The average Bonchev–Trinajstić information content (AvgIpc) is 1.46. The molecule has 0 aromatic heterocycles. The Morgan fingerprint density at radius 3 is 1.60 bits per heavy atom. The molecular weight excluding hydrogens is 196 g/mol. The van der Waals surface area contributed by atoms with Crippen LogP contribution in [0.4, 0.5) is 0 Å². The molecule has 0 rings (SSSR count). The Kier molecular flexibility index (Phi) is 40.7. The molecule has 0 bridgehead atoms. The van der Waals surface area contributed by atoms with Gasteiger partial charge in [-0.3, -0.25) is 5.11 Å². The molecule has 0 unspecified atom stereocenters. The maximum atomic E-state index is 8.69. The van der Waals surface area contributed by atoms with Crippen molar-refractivity contribution in [2.45, 2.75) is 0 Å². The van der Waals surface area contributed by atoms with Gasteiger partial charge < -0.3 is 0 Å². The molecule has 0 amide bonds. The van der Waals surface area contributed by atoms with Gasteiger partial charge in [0.15, 0.2) is 0 Å². The first kappa shape index (κ1) is 9.21. The van der Waals surface area contributed by atoms with Gasteiger partial charge in [0.25, 0.3) is 0 Å².